The summed E-state index contributed by atoms with van der Waals surface area (Å²) in [7, 11) is 3.23. The third-order valence-electron chi connectivity index (χ3n) is 5.60. The molecule has 1 heterocycles. The minimum absolute atomic E-state index is 0.0934. The zero-order valence-corrected chi connectivity index (χ0v) is 20.5. The van der Waals surface area contributed by atoms with E-state index in [9.17, 15) is 14.9 Å². The van der Waals surface area contributed by atoms with Crippen molar-refractivity contribution in [3.05, 3.63) is 88.0 Å². The van der Waals surface area contributed by atoms with Gasteiger partial charge >= 0.3 is 0 Å². The number of ether oxygens (including phenoxy) is 2. The Morgan fingerprint density at radius 1 is 1.00 bits per heavy atom. The minimum atomic E-state index is -0.824. The Bertz CT molecular complexity index is 1320. The first kappa shape index (κ1) is 24.8. The van der Waals surface area contributed by atoms with Crippen LogP contribution in [0.25, 0.3) is 22.5 Å². The number of methoxy groups -OCH3 is 2. The number of carbonyl (C=O) groups is 1. The first-order chi connectivity index (χ1) is 17.4. The van der Waals surface area contributed by atoms with Crippen molar-refractivity contribution in [3.63, 3.8) is 0 Å². The van der Waals surface area contributed by atoms with Crippen LogP contribution in [-0.4, -0.2) is 40.8 Å². The van der Waals surface area contributed by atoms with E-state index in [2.05, 4.69) is 4.98 Å². The summed E-state index contributed by atoms with van der Waals surface area (Å²) < 4.78 is 10.5. The Morgan fingerprint density at radius 2 is 1.61 bits per heavy atom. The molecule has 10 heteroatoms. The molecule has 3 N–H and O–H groups in total. The fraction of sp³-hybridized carbons (Fsp3) is 0.154. The van der Waals surface area contributed by atoms with Crippen molar-refractivity contribution in [2.24, 2.45) is 5.73 Å². The molecule has 0 atom stereocenters. The van der Waals surface area contributed by atoms with Gasteiger partial charge in [0, 0.05) is 22.4 Å². The van der Waals surface area contributed by atoms with Gasteiger partial charge in [-0.25, -0.2) is 4.98 Å². The smallest absolute Gasteiger partial charge is 0.285 e. The molecular formula is C26H24N4O5S. The first-order valence-electron chi connectivity index (χ1n) is 11.0. The summed E-state index contributed by atoms with van der Waals surface area (Å²) in [5, 5.41) is 12.3. The highest BCUT2D eigenvalue weighted by molar-refractivity contribution is 7.99. The molecule has 3 aromatic carbocycles. The van der Waals surface area contributed by atoms with Crippen molar-refractivity contribution in [1.82, 2.24) is 9.97 Å². The maximum absolute atomic E-state index is 11.6. The molecule has 1 amide bonds. The number of hydrogen-bond donors (Lipinski definition) is 2. The van der Waals surface area contributed by atoms with Crippen LogP contribution >= 0.6 is 11.8 Å². The normalized spacial score (nSPS) is 10.7. The van der Waals surface area contributed by atoms with Gasteiger partial charge in [0.2, 0.25) is 0 Å². The number of imidazole rings is 1. The lowest BCUT2D eigenvalue weighted by molar-refractivity contribution is -0.385. The number of aromatic amines is 1. The van der Waals surface area contributed by atoms with Gasteiger partial charge < -0.3 is 20.2 Å². The van der Waals surface area contributed by atoms with Gasteiger partial charge in [0.25, 0.3) is 11.6 Å². The van der Waals surface area contributed by atoms with Crippen molar-refractivity contribution >= 4 is 23.4 Å². The van der Waals surface area contributed by atoms with Crippen LogP contribution in [0.3, 0.4) is 0 Å². The van der Waals surface area contributed by atoms with E-state index in [-0.39, 0.29) is 11.3 Å². The number of para-hydroxylation sites is 1. The average Bonchev–Trinajstić information content (AvgIpc) is 3.32. The van der Waals surface area contributed by atoms with Crippen LogP contribution in [0, 0.1) is 10.1 Å². The number of primary amides is 1. The molecule has 0 aliphatic heterocycles. The molecule has 184 valence electrons. The molecule has 0 fully saturated rings. The van der Waals surface area contributed by atoms with Gasteiger partial charge in [-0.2, -0.15) is 0 Å². The van der Waals surface area contributed by atoms with Crippen LogP contribution in [-0.2, 0) is 6.42 Å². The SMILES string of the molecule is COc1ccc(-c2nc(SCCc3cccc(C(N)=O)c3[N+](=O)[O-])[nH]c2-c2ccc(OC)cc2)cc1. The average molecular weight is 505 g/mol. The number of H-pyrrole nitrogens is 1. The van der Waals surface area contributed by atoms with E-state index >= 15 is 0 Å². The minimum Gasteiger partial charge on any atom is -0.497 e. The quantitative estimate of drug-likeness (QED) is 0.174. The predicted octanol–water partition coefficient (Wildman–Crippen LogP) is 5.10. The molecule has 0 radical (unpaired) electrons. The number of amides is 1. The van der Waals surface area contributed by atoms with Crippen LogP contribution in [0.4, 0.5) is 5.69 Å². The fourth-order valence-corrected chi connectivity index (χ4v) is 4.65. The third-order valence-corrected chi connectivity index (χ3v) is 6.48. The Kier molecular flexibility index (Phi) is 7.55. The number of nitrogens with two attached hydrogens (primary N) is 1. The van der Waals surface area contributed by atoms with Crippen LogP contribution < -0.4 is 15.2 Å². The Balaban J connectivity index is 1.62. The first-order valence-corrected chi connectivity index (χ1v) is 12.0. The Labute approximate surface area is 211 Å². The lowest BCUT2D eigenvalue weighted by Crippen LogP contribution is -2.14. The highest BCUT2D eigenvalue weighted by atomic mass is 32.2. The molecule has 36 heavy (non-hydrogen) atoms. The molecular weight excluding hydrogens is 480 g/mol. The van der Waals surface area contributed by atoms with E-state index in [0.717, 1.165) is 34.0 Å². The predicted molar refractivity (Wildman–Crippen MR) is 139 cm³/mol. The molecule has 0 spiro atoms. The van der Waals surface area contributed by atoms with Gasteiger partial charge in [0.05, 0.1) is 30.5 Å². The van der Waals surface area contributed by atoms with Gasteiger partial charge in [-0.1, -0.05) is 23.9 Å². The molecule has 0 saturated heterocycles. The summed E-state index contributed by atoms with van der Waals surface area (Å²) >= 11 is 1.43. The van der Waals surface area contributed by atoms with Gasteiger partial charge in [-0.3, -0.25) is 14.9 Å². The van der Waals surface area contributed by atoms with E-state index < -0.39 is 10.8 Å². The second kappa shape index (κ2) is 11.0. The highest BCUT2D eigenvalue weighted by Crippen LogP contribution is 2.35. The van der Waals surface area contributed by atoms with E-state index in [0.29, 0.717) is 22.9 Å². The van der Waals surface area contributed by atoms with E-state index in [1.54, 1.807) is 26.4 Å². The molecule has 4 aromatic rings. The number of benzene rings is 3. The van der Waals surface area contributed by atoms with Gasteiger partial charge in [0.15, 0.2) is 5.16 Å². The summed E-state index contributed by atoms with van der Waals surface area (Å²) in [4.78, 5) is 30.9. The summed E-state index contributed by atoms with van der Waals surface area (Å²) in [6.45, 7) is 0. The number of thioether (sulfide) groups is 1. The molecule has 9 nitrogen and oxygen atoms in total. The second-order valence-electron chi connectivity index (χ2n) is 7.76. The van der Waals surface area contributed by atoms with Crippen molar-refractivity contribution < 1.29 is 19.2 Å². The van der Waals surface area contributed by atoms with Crippen molar-refractivity contribution in [3.8, 4) is 34.0 Å². The molecule has 0 saturated carbocycles. The lowest BCUT2D eigenvalue weighted by Gasteiger charge is -2.06. The number of nitro groups is 1. The van der Waals surface area contributed by atoms with E-state index in [4.69, 9.17) is 20.2 Å². The lowest BCUT2D eigenvalue weighted by atomic mass is 10.0. The van der Waals surface area contributed by atoms with Crippen LogP contribution in [0.5, 0.6) is 11.5 Å². The number of nitrogens with one attached hydrogen (secondary N) is 1. The summed E-state index contributed by atoms with van der Waals surface area (Å²) in [5.41, 5.74) is 8.89. The van der Waals surface area contributed by atoms with Crippen molar-refractivity contribution in [1.29, 1.82) is 0 Å². The largest absolute Gasteiger partial charge is 0.497 e. The van der Waals surface area contributed by atoms with Gasteiger partial charge in [-0.15, -0.1) is 0 Å². The highest BCUT2D eigenvalue weighted by Gasteiger charge is 2.23. The number of rotatable bonds is 10. The standard InChI is InChI=1S/C26H24N4O5S/c1-34-19-10-6-16(7-11-19)22-23(17-8-12-20(35-2)13-9-17)29-26(28-22)36-15-14-18-4-3-5-21(25(27)31)24(18)30(32)33/h3-13H,14-15H2,1-2H3,(H2,27,31)(H,28,29). The Morgan fingerprint density at radius 3 is 2.17 bits per heavy atom. The number of aromatic nitrogens is 2. The van der Waals surface area contributed by atoms with Crippen molar-refractivity contribution in [2.45, 2.75) is 11.6 Å². The number of nitro benzene ring substituents is 1. The Hall–Kier alpha value is -4.31. The maximum Gasteiger partial charge on any atom is 0.285 e. The second-order valence-corrected chi connectivity index (χ2v) is 8.84. The fourth-order valence-electron chi connectivity index (χ4n) is 3.81. The maximum atomic E-state index is 11.6. The molecule has 4 rings (SSSR count). The molecule has 0 aliphatic carbocycles. The van der Waals surface area contributed by atoms with Gasteiger partial charge in [0.1, 0.15) is 17.1 Å². The number of nitrogens with zero attached hydrogens (tertiary/aromatic N) is 2. The summed E-state index contributed by atoms with van der Waals surface area (Å²) in [6, 6.07) is 19.9. The topological polar surface area (TPSA) is 133 Å². The molecule has 0 bridgehead atoms. The number of hydrogen-bond acceptors (Lipinski definition) is 7. The van der Waals surface area contributed by atoms with Crippen LogP contribution in [0.1, 0.15) is 15.9 Å². The van der Waals surface area contributed by atoms with Crippen LogP contribution in [0.2, 0.25) is 0 Å². The van der Waals surface area contributed by atoms with E-state index in [1.807, 2.05) is 48.5 Å². The summed E-state index contributed by atoms with van der Waals surface area (Å²) in [6.07, 6.45) is 0.360. The number of carbonyl (C=O) groups excluding carboxylic acids is 1. The monoisotopic (exact) mass is 504 g/mol. The number of aryl methyl sites for hydroxylation is 1. The zero-order valence-electron chi connectivity index (χ0n) is 19.7. The van der Waals surface area contributed by atoms with Crippen molar-refractivity contribution in [2.75, 3.05) is 20.0 Å². The molecule has 0 unspecified atom stereocenters. The zero-order chi connectivity index (χ0) is 25.7. The molecule has 0 aliphatic rings. The van der Waals surface area contributed by atoms with E-state index in [1.165, 1.54) is 17.8 Å². The molecule has 1 aromatic heterocycles. The van der Waals surface area contributed by atoms with Gasteiger partial charge in [-0.05, 0) is 61.0 Å². The summed E-state index contributed by atoms with van der Waals surface area (Å²) in [5.74, 6) is 1.17. The van der Waals surface area contributed by atoms with Crippen LogP contribution in [0.15, 0.2) is 71.9 Å². The third kappa shape index (κ3) is 5.33.